The van der Waals surface area contributed by atoms with Gasteiger partial charge in [0.15, 0.2) is 0 Å². The van der Waals surface area contributed by atoms with Crippen molar-refractivity contribution in [1.82, 2.24) is 5.32 Å². The van der Waals surface area contributed by atoms with Crippen LogP contribution in [-0.2, 0) is 6.54 Å². The van der Waals surface area contributed by atoms with E-state index in [1.165, 1.54) is 24.0 Å². The molecule has 16 heavy (non-hydrogen) atoms. The van der Waals surface area contributed by atoms with Gasteiger partial charge in [0.05, 0.1) is 0 Å². The number of benzene rings is 1. The highest BCUT2D eigenvalue weighted by atomic mass is 14.9. The average molecular weight is 217 g/mol. The summed E-state index contributed by atoms with van der Waals surface area (Å²) in [6.45, 7) is 7.93. The Morgan fingerprint density at radius 2 is 2.06 bits per heavy atom. The van der Waals surface area contributed by atoms with E-state index in [4.69, 9.17) is 0 Å². The van der Waals surface area contributed by atoms with Crippen LogP contribution in [0.1, 0.15) is 37.8 Å². The molecule has 0 aliphatic heterocycles. The first-order chi connectivity index (χ1) is 7.66. The van der Waals surface area contributed by atoms with E-state index < -0.39 is 0 Å². The second-order valence-corrected chi connectivity index (χ2v) is 5.39. The van der Waals surface area contributed by atoms with Crippen LogP contribution in [0.25, 0.3) is 0 Å². The van der Waals surface area contributed by atoms with E-state index >= 15 is 0 Å². The molecule has 3 atom stereocenters. The van der Waals surface area contributed by atoms with E-state index in [0.29, 0.717) is 0 Å². The number of nitrogens with one attached hydrogen (secondary N) is 1. The molecule has 88 valence electrons. The number of hydrogen-bond acceptors (Lipinski definition) is 1. The summed E-state index contributed by atoms with van der Waals surface area (Å²) in [5, 5.41) is 3.71. The van der Waals surface area contributed by atoms with E-state index in [1.807, 2.05) is 0 Å². The maximum atomic E-state index is 3.71. The normalized spacial score (nSPS) is 29.6. The lowest BCUT2D eigenvalue weighted by Gasteiger charge is -2.19. The fourth-order valence-electron chi connectivity index (χ4n) is 2.72. The molecule has 1 saturated carbocycles. The molecule has 1 aliphatic rings. The Morgan fingerprint density at radius 1 is 1.25 bits per heavy atom. The van der Waals surface area contributed by atoms with Gasteiger partial charge in [-0.05, 0) is 37.2 Å². The van der Waals surface area contributed by atoms with Crippen LogP contribution in [-0.4, -0.2) is 6.04 Å². The lowest BCUT2D eigenvalue weighted by Crippen LogP contribution is -2.31. The van der Waals surface area contributed by atoms with Crippen molar-refractivity contribution < 1.29 is 0 Å². The van der Waals surface area contributed by atoms with Crippen LogP contribution in [0.15, 0.2) is 24.3 Å². The maximum absolute atomic E-state index is 3.71. The summed E-state index contributed by atoms with van der Waals surface area (Å²) in [5.74, 6) is 1.71. The molecule has 0 heterocycles. The zero-order chi connectivity index (χ0) is 11.5. The zero-order valence-electron chi connectivity index (χ0n) is 10.7. The summed E-state index contributed by atoms with van der Waals surface area (Å²) in [6, 6.07) is 9.51. The van der Waals surface area contributed by atoms with Gasteiger partial charge in [-0.1, -0.05) is 43.7 Å². The molecule has 1 aromatic rings. The van der Waals surface area contributed by atoms with Crippen molar-refractivity contribution in [3.05, 3.63) is 35.4 Å². The summed E-state index contributed by atoms with van der Waals surface area (Å²) in [7, 11) is 0. The molecule has 1 fully saturated rings. The predicted molar refractivity (Wildman–Crippen MR) is 69.4 cm³/mol. The molecule has 1 aromatic carbocycles. The van der Waals surface area contributed by atoms with Crippen LogP contribution >= 0.6 is 0 Å². The summed E-state index contributed by atoms with van der Waals surface area (Å²) >= 11 is 0. The highest BCUT2D eigenvalue weighted by Gasteiger charge is 2.28. The van der Waals surface area contributed by atoms with Crippen molar-refractivity contribution in [2.45, 2.75) is 46.2 Å². The van der Waals surface area contributed by atoms with Gasteiger partial charge in [-0.3, -0.25) is 0 Å². The maximum Gasteiger partial charge on any atom is 0.0208 e. The van der Waals surface area contributed by atoms with Crippen molar-refractivity contribution >= 4 is 0 Å². The molecule has 3 unspecified atom stereocenters. The minimum atomic E-state index is 0.718. The van der Waals surface area contributed by atoms with E-state index in [0.717, 1.165) is 24.4 Å². The third-order valence-electron chi connectivity index (χ3n) is 4.12. The molecule has 0 bridgehead atoms. The third-order valence-corrected chi connectivity index (χ3v) is 4.12. The fraction of sp³-hybridized carbons (Fsp3) is 0.600. The number of hydrogen-bond donors (Lipinski definition) is 1. The Hall–Kier alpha value is -0.820. The lowest BCUT2D eigenvalue weighted by molar-refractivity contribution is 0.370. The Bertz CT molecular complexity index is 345. The molecule has 1 aliphatic carbocycles. The molecule has 0 saturated heterocycles. The SMILES string of the molecule is Cc1cccc(CNC2CCC(C)C2C)c1. The summed E-state index contributed by atoms with van der Waals surface area (Å²) in [4.78, 5) is 0. The van der Waals surface area contributed by atoms with Crippen LogP contribution in [0.4, 0.5) is 0 Å². The van der Waals surface area contributed by atoms with Crippen LogP contribution < -0.4 is 5.32 Å². The average Bonchev–Trinajstić information content (AvgIpc) is 2.57. The van der Waals surface area contributed by atoms with Gasteiger partial charge >= 0.3 is 0 Å². The molecule has 0 aromatic heterocycles. The Labute approximate surface area is 99.3 Å². The molecule has 0 radical (unpaired) electrons. The quantitative estimate of drug-likeness (QED) is 0.817. The molecule has 1 N–H and O–H groups in total. The predicted octanol–water partition coefficient (Wildman–Crippen LogP) is 3.52. The molecular formula is C15H23N. The second kappa shape index (κ2) is 5.01. The van der Waals surface area contributed by atoms with E-state index in [-0.39, 0.29) is 0 Å². The van der Waals surface area contributed by atoms with Gasteiger partial charge in [-0.2, -0.15) is 0 Å². The highest BCUT2D eigenvalue weighted by Crippen LogP contribution is 2.31. The molecule has 0 amide bonds. The number of rotatable bonds is 3. The van der Waals surface area contributed by atoms with Crippen LogP contribution in [0.2, 0.25) is 0 Å². The third kappa shape index (κ3) is 2.65. The van der Waals surface area contributed by atoms with E-state index in [2.05, 4.69) is 50.4 Å². The van der Waals surface area contributed by atoms with Gasteiger partial charge in [0.2, 0.25) is 0 Å². The van der Waals surface area contributed by atoms with Gasteiger partial charge in [-0.25, -0.2) is 0 Å². The van der Waals surface area contributed by atoms with Gasteiger partial charge in [0.25, 0.3) is 0 Å². The molecular weight excluding hydrogens is 194 g/mol. The molecule has 1 nitrogen and oxygen atoms in total. The van der Waals surface area contributed by atoms with Gasteiger partial charge in [0.1, 0.15) is 0 Å². The summed E-state index contributed by atoms with van der Waals surface area (Å²) in [5.41, 5.74) is 2.76. The number of aryl methyl sites for hydroxylation is 1. The monoisotopic (exact) mass is 217 g/mol. The van der Waals surface area contributed by atoms with Crippen molar-refractivity contribution in [3.63, 3.8) is 0 Å². The van der Waals surface area contributed by atoms with E-state index in [1.54, 1.807) is 0 Å². The van der Waals surface area contributed by atoms with Crippen molar-refractivity contribution in [2.24, 2.45) is 11.8 Å². The summed E-state index contributed by atoms with van der Waals surface area (Å²) in [6.07, 6.45) is 2.72. The minimum absolute atomic E-state index is 0.718. The Balaban J connectivity index is 1.88. The van der Waals surface area contributed by atoms with Crippen LogP contribution in [0.3, 0.4) is 0 Å². The van der Waals surface area contributed by atoms with Gasteiger partial charge < -0.3 is 5.32 Å². The minimum Gasteiger partial charge on any atom is -0.310 e. The first-order valence-corrected chi connectivity index (χ1v) is 6.46. The van der Waals surface area contributed by atoms with Crippen LogP contribution in [0.5, 0.6) is 0 Å². The first kappa shape index (κ1) is 11.7. The second-order valence-electron chi connectivity index (χ2n) is 5.39. The molecule has 0 spiro atoms. The standard InChI is InChI=1S/C15H23N/c1-11-5-4-6-14(9-11)10-16-15-8-7-12(2)13(15)3/h4-6,9,12-13,15-16H,7-8,10H2,1-3H3. The van der Waals surface area contributed by atoms with Crippen molar-refractivity contribution in [1.29, 1.82) is 0 Å². The topological polar surface area (TPSA) is 12.0 Å². The smallest absolute Gasteiger partial charge is 0.0208 e. The zero-order valence-corrected chi connectivity index (χ0v) is 10.7. The van der Waals surface area contributed by atoms with E-state index in [9.17, 15) is 0 Å². The fourth-order valence-corrected chi connectivity index (χ4v) is 2.72. The highest BCUT2D eigenvalue weighted by molar-refractivity contribution is 5.22. The van der Waals surface area contributed by atoms with Gasteiger partial charge in [-0.15, -0.1) is 0 Å². The Kier molecular flexibility index (Phi) is 3.65. The summed E-state index contributed by atoms with van der Waals surface area (Å²) < 4.78 is 0. The Morgan fingerprint density at radius 3 is 2.69 bits per heavy atom. The lowest BCUT2D eigenvalue weighted by atomic mass is 9.97. The van der Waals surface area contributed by atoms with Crippen molar-refractivity contribution in [3.8, 4) is 0 Å². The van der Waals surface area contributed by atoms with Crippen LogP contribution in [0, 0.1) is 18.8 Å². The van der Waals surface area contributed by atoms with Gasteiger partial charge in [0, 0.05) is 12.6 Å². The van der Waals surface area contributed by atoms with Crippen molar-refractivity contribution in [2.75, 3.05) is 0 Å². The largest absolute Gasteiger partial charge is 0.310 e. The molecule has 2 rings (SSSR count). The molecule has 1 heteroatoms. The first-order valence-electron chi connectivity index (χ1n) is 6.46.